The van der Waals surface area contributed by atoms with E-state index in [2.05, 4.69) is 0 Å². The molecule has 0 unspecified atom stereocenters. The normalized spacial score (nSPS) is 49.2. The van der Waals surface area contributed by atoms with E-state index in [4.69, 9.17) is 25.8 Å². The minimum atomic E-state index is -1.49. The Bertz CT molecular complexity index is 150. The Balaban J connectivity index is 2.63. The molecule has 5 atom stereocenters. The van der Waals surface area contributed by atoms with E-state index in [1.165, 1.54) is 0 Å². The summed E-state index contributed by atoms with van der Waals surface area (Å²) in [6, 6.07) is 0. The van der Waals surface area contributed by atoms with Gasteiger partial charge in [-0.1, -0.05) is 0 Å². The van der Waals surface area contributed by atoms with Crippen LogP contribution in [-0.2, 0) is 4.74 Å². The van der Waals surface area contributed by atoms with Crippen molar-refractivity contribution >= 4 is 0 Å². The van der Waals surface area contributed by atoms with E-state index in [-0.39, 0.29) is 6.54 Å². The number of hydrogen-bond donors (Lipinski definition) is 5. The molecule has 6 nitrogen and oxygen atoms in total. The van der Waals surface area contributed by atoms with E-state index in [0.29, 0.717) is 0 Å². The molecular formula is C6H13NO5. The molecule has 0 amide bonds. The van der Waals surface area contributed by atoms with Gasteiger partial charge >= 0.3 is 0 Å². The Kier molecular flexibility index (Phi) is 2.99. The minimum Gasteiger partial charge on any atom is -0.388 e. The minimum absolute atomic E-state index is 0.0258. The second-order valence-electron chi connectivity index (χ2n) is 2.77. The van der Waals surface area contributed by atoms with E-state index >= 15 is 0 Å². The lowest BCUT2D eigenvalue weighted by atomic mass is 9.99. The zero-order valence-electron chi connectivity index (χ0n) is 6.37. The topological polar surface area (TPSA) is 116 Å². The molecular weight excluding hydrogens is 166 g/mol. The van der Waals surface area contributed by atoms with Crippen LogP contribution in [0.1, 0.15) is 0 Å². The SMILES string of the molecule is NC[C@@H]1O[C@@H](O)[C@@H](O)[C@@H](O)[C@@H]1O. The zero-order chi connectivity index (χ0) is 9.30. The molecule has 6 heteroatoms. The van der Waals surface area contributed by atoms with Crippen LogP contribution in [-0.4, -0.2) is 57.7 Å². The molecule has 1 heterocycles. The maximum atomic E-state index is 9.20. The third kappa shape index (κ3) is 1.58. The van der Waals surface area contributed by atoms with Crippen molar-refractivity contribution in [3.63, 3.8) is 0 Å². The lowest BCUT2D eigenvalue weighted by Crippen LogP contribution is -2.59. The van der Waals surface area contributed by atoms with Gasteiger partial charge in [0, 0.05) is 6.54 Å². The van der Waals surface area contributed by atoms with Crippen LogP contribution in [0.15, 0.2) is 0 Å². The fourth-order valence-corrected chi connectivity index (χ4v) is 1.13. The van der Waals surface area contributed by atoms with Gasteiger partial charge in [-0.25, -0.2) is 0 Å². The maximum Gasteiger partial charge on any atom is 0.184 e. The number of rotatable bonds is 1. The summed E-state index contributed by atoms with van der Waals surface area (Å²) in [5, 5.41) is 36.3. The molecule has 1 fully saturated rings. The van der Waals surface area contributed by atoms with Crippen molar-refractivity contribution in [2.75, 3.05) is 6.54 Å². The van der Waals surface area contributed by atoms with E-state index in [0.717, 1.165) is 0 Å². The number of ether oxygens (including phenoxy) is 1. The average Bonchev–Trinajstić information content (AvgIpc) is 2.08. The summed E-state index contributed by atoms with van der Waals surface area (Å²) in [6.45, 7) is -0.0258. The van der Waals surface area contributed by atoms with Gasteiger partial charge in [0.15, 0.2) is 6.29 Å². The van der Waals surface area contributed by atoms with Crippen LogP contribution >= 0.6 is 0 Å². The summed E-state index contributed by atoms with van der Waals surface area (Å²) in [5.41, 5.74) is 5.17. The van der Waals surface area contributed by atoms with Crippen LogP contribution < -0.4 is 5.73 Å². The highest BCUT2D eigenvalue weighted by Gasteiger charge is 2.42. The third-order valence-corrected chi connectivity index (χ3v) is 1.92. The van der Waals surface area contributed by atoms with E-state index in [9.17, 15) is 5.11 Å². The summed E-state index contributed by atoms with van der Waals surface area (Å²) < 4.78 is 4.70. The molecule has 1 aliphatic rings. The lowest BCUT2D eigenvalue weighted by molar-refractivity contribution is -0.279. The van der Waals surface area contributed by atoms with Gasteiger partial charge in [-0.05, 0) is 0 Å². The molecule has 0 saturated carbocycles. The fourth-order valence-electron chi connectivity index (χ4n) is 1.13. The first-order chi connectivity index (χ1) is 5.57. The van der Waals surface area contributed by atoms with Crippen LogP contribution in [0, 0.1) is 0 Å². The molecule has 0 radical (unpaired) electrons. The molecule has 1 saturated heterocycles. The summed E-state index contributed by atoms with van der Waals surface area (Å²) in [4.78, 5) is 0. The number of nitrogens with two attached hydrogens (primary N) is 1. The second-order valence-corrected chi connectivity index (χ2v) is 2.77. The highest BCUT2D eigenvalue weighted by atomic mass is 16.6. The van der Waals surface area contributed by atoms with Gasteiger partial charge in [0.05, 0.1) is 0 Å². The number of aliphatic hydroxyl groups is 4. The number of aliphatic hydroxyl groups excluding tert-OH is 4. The molecule has 0 bridgehead atoms. The summed E-state index contributed by atoms with van der Waals surface area (Å²) in [5.74, 6) is 0. The van der Waals surface area contributed by atoms with Gasteiger partial charge in [-0.2, -0.15) is 0 Å². The second kappa shape index (κ2) is 3.65. The highest BCUT2D eigenvalue weighted by molar-refractivity contribution is 4.88. The predicted molar refractivity (Wildman–Crippen MR) is 38.0 cm³/mol. The standard InChI is InChI=1S/C6H13NO5/c7-1-2-3(8)4(9)5(10)6(11)12-2/h2-6,8-11H,1,7H2/t2-,3+,4-,5-,6+/m0/s1. The van der Waals surface area contributed by atoms with Crippen LogP contribution in [0.5, 0.6) is 0 Å². The van der Waals surface area contributed by atoms with Crippen molar-refractivity contribution in [1.82, 2.24) is 0 Å². The van der Waals surface area contributed by atoms with Gasteiger partial charge in [-0.3, -0.25) is 0 Å². The van der Waals surface area contributed by atoms with Crippen LogP contribution in [0.4, 0.5) is 0 Å². The molecule has 0 aromatic rings. The Hall–Kier alpha value is -0.240. The first kappa shape index (κ1) is 9.85. The molecule has 1 aliphatic heterocycles. The highest BCUT2D eigenvalue weighted by Crippen LogP contribution is 2.18. The molecule has 0 aromatic heterocycles. The fraction of sp³-hybridized carbons (Fsp3) is 1.00. The first-order valence-electron chi connectivity index (χ1n) is 3.65. The first-order valence-corrected chi connectivity index (χ1v) is 3.65. The van der Waals surface area contributed by atoms with E-state index in [1.807, 2.05) is 0 Å². The Morgan fingerprint density at radius 3 is 2.08 bits per heavy atom. The molecule has 12 heavy (non-hydrogen) atoms. The monoisotopic (exact) mass is 179 g/mol. The maximum absolute atomic E-state index is 9.20. The molecule has 6 N–H and O–H groups in total. The van der Waals surface area contributed by atoms with E-state index in [1.54, 1.807) is 0 Å². The Morgan fingerprint density at radius 2 is 1.58 bits per heavy atom. The van der Waals surface area contributed by atoms with Crippen molar-refractivity contribution in [2.24, 2.45) is 5.73 Å². The average molecular weight is 179 g/mol. The van der Waals surface area contributed by atoms with Crippen molar-refractivity contribution in [3.8, 4) is 0 Å². The Morgan fingerprint density at radius 1 is 1.00 bits per heavy atom. The zero-order valence-corrected chi connectivity index (χ0v) is 6.37. The Labute approximate surface area is 69.2 Å². The summed E-state index contributed by atoms with van der Waals surface area (Å²) >= 11 is 0. The molecule has 72 valence electrons. The van der Waals surface area contributed by atoms with Crippen molar-refractivity contribution in [3.05, 3.63) is 0 Å². The van der Waals surface area contributed by atoms with Gasteiger partial charge in [-0.15, -0.1) is 0 Å². The van der Waals surface area contributed by atoms with Gasteiger partial charge in [0.1, 0.15) is 24.4 Å². The quantitative estimate of drug-likeness (QED) is 0.288. The van der Waals surface area contributed by atoms with Crippen molar-refractivity contribution in [2.45, 2.75) is 30.7 Å². The smallest absolute Gasteiger partial charge is 0.184 e. The van der Waals surface area contributed by atoms with Gasteiger partial charge < -0.3 is 30.9 Å². The van der Waals surface area contributed by atoms with Gasteiger partial charge in [0.2, 0.25) is 0 Å². The van der Waals surface area contributed by atoms with Crippen LogP contribution in [0.2, 0.25) is 0 Å². The predicted octanol–water partition coefficient (Wildman–Crippen LogP) is -3.25. The largest absolute Gasteiger partial charge is 0.388 e. The van der Waals surface area contributed by atoms with E-state index < -0.39 is 30.7 Å². The van der Waals surface area contributed by atoms with Crippen LogP contribution in [0.3, 0.4) is 0 Å². The molecule has 0 aromatic carbocycles. The summed E-state index contributed by atoms with van der Waals surface area (Å²) in [7, 11) is 0. The lowest BCUT2D eigenvalue weighted by Gasteiger charge is -2.37. The van der Waals surface area contributed by atoms with Crippen molar-refractivity contribution < 1.29 is 25.2 Å². The van der Waals surface area contributed by atoms with Gasteiger partial charge in [0.25, 0.3) is 0 Å². The van der Waals surface area contributed by atoms with Crippen LogP contribution in [0.25, 0.3) is 0 Å². The molecule has 1 rings (SSSR count). The third-order valence-electron chi connectivity index (χ3n) is 1.92. The van der Waals surface area contributed by atoms with Crippen molar-refractivity contribution in [1.29, 1.82) is 0 Å². The number of hydrogen-bond acceptors (Lipinski definition) is 6. The summed E-state index contributed by atoms with van der Waals surface area (Å²) in [6.07, 6.45) is -6.48. The molecule has 0 aliphatic carbocycles. The molecule has 0 spiro atoms.